The number of carbonyl (C=O) groups is 3. The fraction of sp³-hybridized carbons (Fsp3) is 0.348. The third kappa shape index (κ3) is 5.24. The van der Waals surface area contributed by atoms with Gasteiger partial charge in [-0.2, -0.15) is 0 Å². The minimum atomic E-state index is -0.651. The predicted octanol–water partition coefficient (Wildman–Crippen LogP) is 2.17. The molecule has 2 saturated heterocycles. The summed E-state index contributed by atoms with van der Waals surface area (Å²) in [6.45, 7) is 1.77. The molecule has 2 amide bonds. The Morgan fingerprint density at radius 1 is 0.969 bits per heavy atom. The van der Waals surface area contributed by atoms with E-state index < -0.39 is 24.4 Å². The van der Waals surface area contributed by atoms with Crippen molar-refractivity contribution >= 4 is 23.5 Å². The molecule has 2 fully saturated rings. The van der Waals surface area contributed by atoms with Gasteiger partial charge in [-0.05, 0) is 43.3 Å². The number of carbonyl (C=O) groups excluding carboxylic acids is 3. The molecule has 2 aliphatic rings. The number of anilines is 1. The lowest BCUT2D eigenvalue weighted by molar-refractivity contribution is -0.124. The van der Waals surface area contributed by atoms with Crippen LogP contribution in [-0.2, 0) is 19.0 Å². The van der Waals surface area contributed by atoms with Crippen LogP contribution in [0, 0.1) is 0 Å². The van der Waals surface area contributed by atoms with Gasteiger partial charge in [0.25, 0.3) is 5.91 Å². The molecule has 2 heterocycles. The Bertz CT molecular complexity index is 964. The Morgan fingerprint density at radius 3 is 2.41 bits per heavy atom. The number of hydrogen-bond acceptors (Lipinski definition) is 7. The Kier molecular flexibility index (Phi) is 6.67. The Balaban J connectivity index is 1.24. The quantitative estimate of drug-likeness (QED) is 0.635. The molecular formula is C23H24N2O7. The van der Waals surface area contributed by atoms with Gasteiger partial charge in [-0.3, -0.25) is 14.9 Å². The van der Waals surface area contributed by atoms with Crippen molar-refractivity contribution in [1.29, 1.82) is 0 Å². The minimum Gasteiger partial charge on any atom is -0.484 e. The molecule has 168 valence electrons. The zero-order valence-electron chi connectivity index (χ0n) is 17.5. The number of nitrogens with one attached hydrogen (secondary N) is 2. The molecule has 4 atom stereocenters. The van der Waals surface area contributed by atoms with Crippen molar-refractivity contribution in [3.8, 4) is 5.75 Å². The third-order valence-electron chi connectivity index (χ3n) is 5.26. The first-order valence-corrected chi connectivity index (χ1v) is 10.3. The molecule has 4 rings (SSSR count). The number of para-hydroxylation sites is 1. The first-order valence-electron chi connectivity index (χ1n) is 10.3. The van der Waals surface area contributed by atoms with Crippen LogP contribution in [0.15, 0.2) is 54.6 Å². The summed E-state index contributed by atoms with van der Waals surface area (Å²) in [6.07, 6.45) is -2.13. The second-order valence-corrected chi connectivity index (χ2v) is 7.57. The SMILES string of the molecule is CC(=O)c1ccc(NC(=O)OC2COC3C(NC(=O)COc4ccccc4)COC23)cc1. The lowest BCUT2D eigenvalue weighted by atomic mass is 10.1. The van der Waals surface area contributed by atoms with Crippen LogP contribution in [-0.4, -0.2) is 62.0 Å². The minimum absolute atomic E-state index is 0.0556. The molecule has 4 unspecified atom stereocenters. The Labute approximate surface area is 185 Å². The number of Topliss-reactive ketones (excluding diaryl/α,β-unsaturated/α-hetero) is 1. The van der Waals surface area contributed by atoms with Crippen molar-refractivity contribution in [2.75, 3.05) is 25.1 Å². The average Bonchev–Trinajstić information content (AvgIpc) is 3.37. The molecule has 0 saturated carbocycles. The molecule has 2 aromatic rings. The number of ether oxygens (including phenoxy) is 4. The van der Waals surface area contributed by atoms with Crippen LogP contribution in [0.3, 0.4) is 0 Å². The summed E-state index contributed by atoms with van der Waals surface area (Å²) in [7, 11) is 0. The van der Waals surface area contributed by atoms with E-state index in [9.17, 15) is 14.4 Å². The largest absolute Gasteiger partial charge is 0.484 e. The van der Waals surface area contributed by atoms with Gasteiger partial charge in [0, 0.05) is 11.3 Å². The molecule has 2 aliphatic heterocycles. The number of hydrogen-bond donors (Lipinski definition) is 2. The molecule has 0 aliphatic carbocycles. The maximum absolute atomic E-state index is 12.3. The molecule has 9 nitrogen and oxygen atoms in total. The first kappa shape index (κ1) is 21.8. The molecule has 9 heteroatoms. The van der Waals surface area contributed by atoms with Crippen molar-refractivity contribution in [2.24, 2.45) is 0 Å². The second kappa shape index (κ2) is 9.80. The summed E-state index contributed by atoms with van der Waals surface area (Å²) in [5, 5.41) is 5.47. The summed E-state index contributed by atoms with van der Waals surface area (Å²) in [5.41, 5.74) is 1.06. The average molecular weight is 440 g/mol. The molecular weight excluding hydrogens is 416 g/mol. The number of rotatable bonds is 7. The number of benzene rings is 2. The van der Waals surface area contributed by atoms with Gasteiger partial charge in [0.05, 0.1) is 19.3 Å². The van der Waals surface area contributed by atoms with Gasteiger partial charge >= 0.3 is 6.09 Å². The van der Waals surface area contributed by atoms with Crippen LogP contribution in [0.2, 0.25) is 0 Å². The lowest BCUT2D eigenvalue weighted by Crippen LogP contribution is -2.46. The summed E-state index contributed by atoms with van der Waals surface area (Å²) in [6, 6.07) is 15.2. The van der Waals surface area contributed by atoms with Gasteiger partial charge in [0.2, 0.25) is 0 Å². The zero-order valence-corrected chi connectivity index (χ0v) is 17.5. The van der Waals surface area contributed by atoms with Crippen molar-refractivity contribution in [3.05, 3.63) is 60.2 Å². The van der Waals surface area contributed by atoms with Gasteiger partial charge < -0.3 is 24.3 Å². The van der Waals surface area contributed by atoms with Gasteiger partial charge in [-0.25, -0.2) is 4.79 Å². The maximum Gasteiger partial charge on any atom is 0.412 e. The molecule has 0 spiro atoms. The van der Waals surface area contributed by atoms with E-state index in [1.807, 2.05) is 18.2 Å². The van der Waals surface area contributed by atoms with E-state index >= 15 is 0 Å². The van der Waals surface area contributed by atoms with Crippen LogP contribution < -0.4 is 15.4 Å². The summed E-state index contributed by atoms with van der Waals surface area (Å²) in [5.74, 6) is 0.262. The second-order valence-electron chi connectivity index (χ2n) is 7.57. The van der Waals surface area contributed by atoms with Crippen molar-refractivity contribution in [3.63, 3.8) is 0 Å². The van der Waals surface area contributed by atoms with E-state index in [4.69, 9.17) is 18.9 Å². The zero-order chi connectivity index (χ0) is 22.5. The molecule has 2 N–H and O–H groups in total. The highest BCUT2D eigenvalue weighted by molar-refractivity contribution is 5.95. The van der Waals surface area contributed by atoms with E-state index in [0.717, 1.165) is 0 Å². The van der Waals surface area contributed by atoms with Crippen LogP contribution in [0.5, 0.6) is 5.75 Å². The topological polar surface area (TPSA) is 112 Å². The van der Waals surface area contributed by atoms with Gasteiger partial charge in [0.1, 0.15) is 18.0 Å². The maximum atomic E-state index is 12.3. The van der Waals surface area contributed by atoms with E-state index in [0.29, 0.717) is 17.0 Å². The van der Waals surface area contributed by atoms with E-state index in [1.165, 1.54) is 6.92 Å². The first-order chi connectivity index (χ1) is 15.5. The fourth-order valence-electron chi connectivity index (χ4n) is 3.68. The van der Waals surface area contributed by atoms with Gasteiger partial charge in [0.15, 0.2) is 18.5 Å². The Morgan fingerprint density at radius 2 is 1.69 bits per heavy atom. The third-order valence-corrected chi connectivity index (χ3v) is 5.26. The predicted molar refractivity (Wildman–Crippen MR) is 114 cm³/mol. The van der Waals surface area contributed by atoms with Crippen molar-refractivity contribution < 1.29 is 33.3 Å². The van der Waals surface area contributed by atoms with Gasteiger partial charge in [-0.1, -0.05) is 18.2 Å². The molecule has 2 aromatic carbocycles. The normalized spacial score (nSPS) is 23.8. The van der Waals surface area contributed by atoms with E-state index in [1.54, 1.807) is 36.4 Å². The van der Waals surface area contributed by atoms with E-state index in [2.05, 4.69) is 10.6 Å². The Hall–Kier alpha value is -3.43. The monoisotopic (exact) mass is 440 g/mol. The summed E-state index contributed by atoms with van der Waals surface area (Å²) < 4.78 is 22.4. The smallest absolute Gasteiger partial charge is 0.412 e. The van der Waals surface area contributed by atoms with Crippen molar-refractivity contribution in [2.45, 2.75) is 31.3 Å². The molecule has 0 radical (unpaired) electrons. The summed E-state index contributed by atoms with van der Waals surface area (Å²) in [4.78, 5) is 35.8. The highest BCUT2D eigenvalue weighted by Crippen LogP contribution is 2.29. The number of fused-ring (bicyclic) bond motifs is 1. The number of ketones is 1. The highest BCUT2D eigenvalue weighted by atomic mass is 16.6. The number of amides is 2. The fourth-order valence-corrected chi connectivity index (χ4v) is 3.68. The highest BCUT2D eigenvalue weighted by Gasteiger charge is 2.50. The standard InChI is InChI=1S/C23H24N2O7/c1-14(26)15-7-9-16(10-8-15)24-23(28)32-19-12-31-21-18(11-30-22(19)21)25-20(27)13-29-17-5-3-2-4-6-17/h2-10,18-19,21-22H,11-13H2,1H3,(H,24,28)(H,25,27). The van der Waals surface area contributed by atoms with Crippen LogP contribution in [0.1, 0.15) is 17.3 Å². The molecule has 0 aromatic heterocycles. The molecule has 32 heavy (non-hydrogen) atoms. The molecule has 0 bridgehead atoms. The van der Waals surface area contributed by atoms with Crippen LogP contribution in [0.25, 0.3) is 0 Å². The van der Waals surface area contributed by atoms with Gasteiger partial charge in [-0.15, -0.1) is 0 Å². The van der Waals surface area contributed by atoms with Crippen molar-refractivity contribution in [1.82, 2.24) is 5.32 Å². The lowest BCUT2D eigenvalue weighted by Gasteiger charge is -2.18. The van der Waals surface area contributed by atoms with Crippen LogP contribution in [0.4, 0.5) is 10.5 Å². The van der Waals surface area contributed by atoms with E-state index in [-0.39, 0.29) is 37.6 Å². The summed E-state index contributed by atoms with van der Waals surface area (Å²) >= 11 is 0. The van der Waals surface area contributed by atoms with Crippen LogP contribution >= 0.6 is 0 Å².